The Hall–Kier alpha value is -3.13. The van der Waals surface area contributed by atoms with Crippen molar-refractivity contribution in [3.8, 4) is 11.5 Å². The van der Waals surface area contributed by atoms with Gasteiger partial charge in [-0.1, -0.05) is 0 Å². The number of benzene rings is 2. The molecule has 1 amide bonds. The fourth-order valence-corrected chi connectivity index (χ4v) is 3.92. The molecule has 140 valence electrons. The van der Waals surface area contributed by atoms with Gasteiger partial charge in [-0.2, -0.15) is 0 Å². The summed E-state index contributed by atoms with van der Waals surface area (Å²) in [5.41, 5.74) is 4.09. The van der Waals surface area contributed by atoms with Crippen LogP contribution in [0, 0.1) is 11.6 Å². The fraction of sp³-hybridized carbons (Fsp3) is 0.150. The van der Waals surface area contributed by atoms with Gasteiger partial charge in [-0.3, -0.25) is 4.79 Å². The van der Waals surface area contributed by atoms with E-state index in [1.807, 2.05) is 11.4 Å². The van der Waals surface area contributed by atoms with Crippen LogP contribution in [-0.2, 0) is 10.2 Å². The van der Waals surface area contributed by atoms with Gasteiger partial charge in [0.25, 0.3) is 0 Å². The summed E-state index contributed by atoms with van der Waals surface area (Å²) in [7, 11) is 0. The number of aromatic amines is 1. The van der Waals surface area contributed by atoms with Gasteiger partial charge in [-0.05, 0) is 48.7 Å². The van der Waals surface area contributed by atoms with Crippen molar-refractivity contribution in [1.82, 2.24) is 15.0 Å². The molecule has 0 radical (unpaired) electrons. The van der Waals surface area contributed by atoms with Gasteiger partial charge in [-0.25, -0.2) is 18.7 Å². The molecule has 2 aromatic carbocycles. The largest absolute Gasteiger partial charge is 0.337 e. The van der Waals surface area contributed by atoms with Crippen LogP contribution in [0.2, 0.25) is 0 Å². The molecule has 0 atom stereocenters. The number of carbonyl (C=O) groups excluding carboxylic acids is 1. The van der Waals surface area contributed by atoms with E-state index in [-0.39, 0.29) is 5.91 Å². The number of hydrogen-bond acceptors (Lipinski definition) is 4. The minimum atomic E-state index is -0.880. The highest BCUT2D eigenvalue weighted by Crippen LogP contribution is 2.49. The Kier molecular flexibility index (Phi) is 3.77. The Morgan fingerprint density at radius 2 is 1.93 bits per heavy atom. The first kappa shape index (κ1) is 17.0. The van der Waals surface area contributed by atoms with Gasteiger partial charge in [-0.15, -0.1) is 11.3 Å². The number of carbonyl (C=O) groups is 1. The second kappa shape index (κ2) is 6.20. The van der Waals surface area contributed by atoms with Gasteiger partial charge in [0.05, 0.1) is 22.0 Å². The lowest BCUT2D eigenvalue weighted by molar-refractivity contribution is -0.118. The number of halogens is 2. The summed E-state index contributed by atoms with van der Waals surface area (Å²) in [4.78, 5) is 24.8. The number of anilines is 1. The Balaban J connectivity index is 1.42. The molecule has 5 nitrogen and oxygen atoms in total. The summed E-state index contributed by atoms with van der Waals surface area (Å²) in [5, 5.41) is 4.77. The van der Waals surface area contributed by atoms with E-state index in [0.717, 1.165) is 17.3 Å². The summed E-state index contributed by atoms with van der Waals surface area (Å²) in [6.45, 7) is 0. The first-order chi connectivity index (χ1) is 13.5. The molecule has 0 bridgehead atoms. The molecule has 0 spiro atoms. The van der Waals surface area contributed by atoms with E-state index in [1.54, 1.807) is 17.6 Å². The molecule has 5 rings (SSSR count). The fourth-order valence-electron chi connectivity index (χ4n) is 3.39. The second-order valence-corrected chi connectivity index (χ2v) is 7.60. The third-order valence-corrected chi connectivity index (χ3v) is 5.60. The third kappa shape index (κ3) is 2.86. The molecule has 4 aromatic rings. The topological polar surface area (TPSA) is 70.7 Å². The van der Waals surface area contributed by atoms with Gasteiger partial charge in [0.2, 0.25) is 5.91 Å². The standard InChI is InChI=1S/C20H14F2N4OS/c21-12-5-11(6-13(22)7-12)20(3-4-20)19(27)24-14-1-2-15-16(8-14)26-18(25-15)17-9-28-10-23-17/h1-2,5-10H,3-4H2,(H,24,27)(H,25,26). The molecule has 28 heavy (non-hydrogen) atoms. The number of rotatable bonds is 4. The number of nitrogens with one attached hydrogen (secondary N) is 2. The van der Waals surface area contributed by atoms with Gasteiger partial charge in [0.1, 0.15) is 17.3 Å². The summed E-state index contributed by atoms with van der Waals surface area (Å²) < 4.78 is 27.2. The summed E-state index contributed by atoms with van der Waals surface area (Å²) >= 11 is 1.48. The van der Waals surface area contributed by atoms with E-state index in [4.69, 9.17) is 0 Å². The molecule has 0 aliphatic heterocycles. The summed E-state index contributed by atoms with van der Waals surface area (Å²) in [6.07, 6.45) is 1.11. The van der Waals surface area contributed by atoms with E-state index in [1.165, 1.54) is 23.5 Å². The van der Waals surface area contributed by atoms with Crippen molar-refractivity contribution in [1.29, 1.82) is 0 Å². The van der Waals surface area contributed by atoms with Crippen molar-refractivity contribution in [2.75, 3.05) is 5.32 Å². The predicted molar refractivity (Wildman–Crippen MR) is 103 cm³/mol. The van der Waals surface area contributed by atoms with Crippen LogP contribution in [0.4, 0.5) is 14.5 Å². The zero-order valence-electron chi connectivity index (χ0n) is 14.5. The normalized spacial score (nSPS) is 14.9. The average Bonchev–Trinajstić information content (AvgIpc) is 3.10. The monoisotopic (exact) mass is 396 g/mol. The molecule has 1 saturated carbocycles. The Morgan fingerprint density at radius 1 is 1.14 bits per heavy atom. The molecular formula is C20H14F2N4OS. The molecule has 1 aliphatic rings. The van der Waals surface area contributed by atoms with Crippen LogP contribution >= 0.6 is 11.3 Å². The van der Waals surface area contributed by atoms with E-state index >= 15 is 0 Å². The van der Waals surface area contributed by atoms with Crippen molar-refractivity contribution in [2.45, 2.75) is 18.3 Å². The Bertz CT molecular complexity index is 1180. The molecule has 0 unspecified atom stereocenters. The molecule has 0 saturated heterocycles. The lowest BCUT2D eigenvalue weighted by Crippen LogP contribution is -2.28. The van der Waals surface area contributed by atoms with Crippen LogP contribution in [0.1, 0.15) is 18.4 Å². The lowest BCUT2D eigenvalue weighted by atomic mass is 9.94. The van der Waals surface area contributed by atoms with E-state index in [2.05, 4.69) is 20.3 Å². The maximum Gasteiger partial charge on any atom is 0.235 e. The van der Waals surface area contributed by atoms with E-state index in [0.29, 0.717) is 35.4 Å². The van der Waals surface area contributed by atoms with Crippen molar-refractivity contribution in [3.63, 3.8) is 0 Å². The quantitative estimate of drug-likeness (QED) is 0.528. The predicted octanol–water partition coefficient (Wildman–Crippen LogP) is 4.63. The highest BCUT2D eigenvalue weighted by atomic mass is 32.1. The number of hydrogen-bond donors (Lipinski definition) is 2. The summed E-state index contributed by atoms with van der Waals surface area (Å²) in [5.74, 6) is -0.969. The molecule has 1 aliphatic carbocycles. The van der Waals surface area contributed by atoms with Crippen molar-refractivity contribution < 1.29 is 13.6 Å². The van der Waals surface area contributed by atoms with Gasteiger partial charge >= 0.3 is 0 Å². The van der Waals surface area contributed by atoms with E-state index < -0.39 is 17.0 Å². The highest BCUT2D eigenvalue weighted by molar-refractivity contribution is 7.07. The third-order valence-electron chi connectivity index (χ3n) is 5.02. The number of amides is 1. The summed E-state index contributed by atoms with van der Waals surface area (Å²) in [6, 6.07) is 8.63. The number of nitrogens with zero attached hydrogens (tertiary/aromatic N) is 2. The highest BCUT2D eigenvalue weighted by Gasteiger charge is 2.51. The molecule has 1 fully saturated rings. The number of imidazole rings is 1. The Morgan fingerprint density at radius 3 is 2.61 bits per heavy atom. The van der Waals surface area contributed by atoms with Gasteiger partial charge in [0, 0.05) is 17.1 Å². The van der Waals surface area contributed by atoms with Crippen LogP contribution in [0.15, 0.2) is 47.3 Å². The minimum Gasteiger partial charge on any atom is -0.337 e. The molecule has 2 heterocycles. The maximum atomic E-state index is 13.6. The van der Waals surface area contributed by atoms with Crippen LogP contribution in [-0.4, -0.2) is 20.9 Å². The first-order valence-electron chi connectivity index (χ1n) is 8.70. The lowest BCUT2D eigenvalue weighted by Gasteiger charge is -2.16. The zero-order valence-corrected chi connectivity index (χ0v) is 15.3. The Labute approximate surface area is 162 Å². The van der Waals surface area contributed by atoms with Crippen LogP contribution in [0.25, 0.3) is 22.6 Å². The average molecular weight is 396 g/mol. The molecule has 2 N–H and O–H groups in total. The number of H-pyrrole nitrogens is 1. The second-order valence-electron chi connectivity index (χ2n) is 6.89. The maximum absolute atomic E-state index is 13.6. The smallest absolute Gasteiger partial charge is 0.235 e. The first-order valence-corrected chi connectivity index (χ1v) is 9.64. The SMILES string of the molecule is O=C(Nc1ccc2[nH]c(-c3cscn3)nc2c1)C1(c2cc(F)cc(F)c2)CC1. The van der Waals surface area contributed by atoms with Gasteiger partial charge in [0.15, 0.2) is 5.82 Å². The molecule has 8 heteroatoms. The van der Waals surface area contributed by atoms with Crippen molar-refractivity contribution >= 4 is 34.0 Å². The van der Waals surface area contributed by atoms with Crippen LogP contribution < -0.4 is 5.32 Å². The minimum absolute atomic E-state index is 0.271. The molecular weight excluding hydrogens is 382 g/mol. The van der Waals surface area contributed by atoms with Crippen LogP contribution in [0.3, 0.4) is 0 Å². The van der Waals surface area contributed by atoms with Crippen molar-refractivity contribution in [2.24, 2.45) is 0 Å². The van der Waals surface area contributed by atoms with E-state index in [9.17, 15) is 13.6 Å². The zero-order chi connectivity index (χ0) is 19.3. The van der Waals surface area contributed by atoms with Gasteiger partial charge < -0.3 is 10.3 Å². The molecule has 2 aromatic heterocycles. The van der Waals surface area contributed by atoms with Crippen LogP contribution in [0.5, 0.6) is 0 Å². The number of aromatic nitrogens is 3. The number of thiazole rings is 1. The number of fused-ring (bicyclic) bond motifs is 1. The van der Waals surface area contributed by atoms with Crippen molar-refractivity contribution in [3.05, 3.63) is 64.5 Å².